The summed E-state index contributed by atoms with van der Waals surface area (Å²) in [6.07, 6.45) is 8.28. The Labute approximate surface area is 128 Å². The number of aromatic nitrogens is 1. The second-order valence-electron chi connectivity index (χ2n) is 4.93. The maximum Gasteiger partial charge on any atom is 0.270 e. The quantitative estimate of drug-likeness (QED) is 0.834. The van der Waals surface area contributed by atoms with Crippen molar-refractivity contribution in [2.45, 2.75) is 37.0 Å². The number of thiocarbonyl (C=S) groups is 1. The molecule has 2 unspecified atom stereocenters. The molecule has 6 heteroatoms. The van der Waals surface area contributed by atoms with Crippen molar-refractivity contribution < 1.29 is 4.79 Å². The zero-order chi connectivity index (χ0) is 14.5. The predicted molar refractivity (Wildman–Crippen MR) is 87.1 cm³/mol. The van der Waals surface area contributed by atoms with E-state index < -0.39 is 0 Å². The predicted octanol–water partition coefficient (Wildman–Crippen LogP) is 2.12. The van der Waals surface area contributed by atoms with E-state index in [0.29, 0.717) is 21.5 Å². The van der Waals surface area contributed by atoms with Crippen molar-refractivity contribution in [3.63, 3.8) is 0 Å². The molecular formula is C14H19N3OS2. The van der Waals surface area contributed by atoms with Gasteiger partial charge in [-0.05, 0) is 31.2 Å². The molecule has 3 N–H and O–H groups in total. The van der Waals surface area contributed by atoms with E-state index in [-0.39, 0.29) is 11.9 Å². The van der Waals surface area contributed by atoms with Crippen molar-refractivity contribution in [3.8, 4) is 0 Å². The van der Waals surface area contributed by atoms with Gasteiger partial charge in [0.25, 0.3) is 5.91 Å². The minimum Gasteiger partial charge on any atom is -0.389 e. The molecule has 1 heterocycles. The molecule has 108 valence electrons. The molecule has 0 spiro atoms. The van der Waals surface area contributed by atoms with Crippen LogP contribution in [-0.4, -0.2) is 33.4 Å². The number of rotatable bonds is 4. The third kappa shape index (κ3) is 3.70. The van der Waals surface area contributed by atoms with Crippen LogP contribution in [0.4, 0.5) is 0 Å². The lowest BCUT2D eigenvalue weighted by atomic mass is 9.94. The first-order chi connectivity index (χ1) is 9.61. The molecule has 2 atom stereocenters. The third-order valence-corrected chi connectivity index (χ3v) is 5.01. The fourth-order valence-electron chi connectivity index (χ4n) is 2.46. The standard InChI is InChI=1S/C14H19N3OS2/c1-20-12-5-3-2-4-10(12)17-14(18)11-7-6-9(8-16-11)13(15)19/h6-8,10,12H,2-5H2,1H3,(H2,15,19)(H,17,18). The fourth-order valence-corrected chi connectivity index (χ4v) is 3.52. The molecule has 0 radical (unpaired) electrons. The second-order valence-corrected chi connectivity index (χ2v) is 6.45. The molecule has 4 nitrogen and oxygen atoms in total. The number of hydrogen-bond acceptors (Lipinski definition) is 4. The Morgan fingerprint density at radius 1 is 1.45 bits per heavy atom. The summed E-state index contributed by atoms with van der Waals surface area (Å²) in [7, 11) is 0. The average Bonchev–Trinajstić information content (AvgIpc) is 2.48. The van der Waals surface area contributed by atoms with E-state index in [2.05, 4.69) is 16.6 Å². The van der Waals surface area contributed by atoms with Crippen molar-refractivity contribution in [1.82, 2.24) is 10.3 Å². The van der Waals surface area contributed by atoms with Crippen LogP contribution in [0.25, 0.3) is 0 Å². The number of amides is 1. The van der Waals surface area contributed by atoms with E-state index in [1.807, 2.05) is 11.8 Å². The van der Waals surface area contributed by atoms with Gasteiger partial charge in [0.2, 0.25) is 0 Å². The number of pyridine rings is 1. The molecule has 2 rings (SSSR count). The molecule has 1 fully saturated rings. The summed E-state index contributed by atoms with van der Waals surface area (Å²) in [5.74, 6) is -0.120. The van der Waals surface area contributed by atoms with Crippen LogP contribution in [-0.2, 0) is 0 Å². The summed E-state index contributed by atoms with van der Waals surface area (Å²) >= 11 is 6.70. The van der Waals surface area contributed by atoms with Gasteiger partial charge in [-0.2, -0.15) is 11.8 Å². The van der Waals surface area contributed by atoms with Crippen LogP contribution >= 0.6 is 24.0 Å². The Bertz CT molecular complexity index is 490. The van der Waals surface area contributed by atoms with Gasteiger partial charge in [0.15, 0.2) is 0 Å². The van der Waals surface area contributed by atoms with Crippen LogP contribution in [0.15, 0.2) is 18.3 Å². The van der Waals surface area contributed by atoms with Gasteiger partial charge in [-0.1, -0.05) is 25.1 Å². The Hall–Kier alpha value is -1.14. The Balaban J connectivity index is 2.01. The number of nitrogens with two attached hydrogens (primary N) is 1. The Kier molecular flexibility index (Phi) is 5.37. The molecule has 1 aromatic heterocycles. The van der Waals surface area contributed by atoms with Gasteiger partial charge in [-0.3, -0.25) is 9.78 Å². The summed E-state index contributed by atoms with van der Waals surface area (Å²) in [4.78, 5) is 16.6. The number of nitrogens with one attached hydrogen (secondary N) is 1. The van der Waals surface area contributed by atoms with Crippen LogP contribution in [0.5, 0.6) is 0 Å². The fraction of sp³-hybridized carbons (Fsp3) is 0.500. The van der Waals surface area contributed by atoms with Crippen molar-refractivity contribution in [1.29, 1.82) is 0 Å². The van der Waals surface area contributed by atoms with E-state index in [0.717, 1.165) is 6.42 Å². The van der Waals surface area contributed by atoms with E-state index in [9.17, 15) is 4.79 Å². The lowest BCUT2D eigenvalue weighted by Crippen LogP contribution is -2.43. The maximum atomic E-state index is 12.2. The Morgan fingerprint density at radius 2 is 2.20 bits per heavy atom. The number of carbonyl (C=O) groups excluding carboxylic acids is 1. The number of thioether (sulfide) groups is 1. The van der Waals surface area contributed by atoms with Gasteiger partial charge in [0.05, 0.1) is 0 Å². The van der Waals surface area contributed by atoms with Gasteiger partial charge in [0, 0.05) is 23.1 Å². The Morgan fingerprint density at radius 3 is 2.80 bits per heavy atom. The van der Waals surface area contributed by atoms with E-state index in [1.54, 1.807) is 18.3 Å². The summed E-state index contributed by atoms with van der Waals surface area (Å²) in [5.41, 5.74) is 6.60. The number of nitrogens with zero attached hydrogens (tertiary/aromatic N) is 1. The molecule has 0 aliphatic heterocycles. The number of carbonyl (C=O) groups is 1. The molecule has 1 saturated carbocycles. The molecular weight excluding hydrogens is 290 g/mol. The van der Waals surface area contributed by atoms with Crippen molar-refractivity contribution in [2.24, 2.45) is 5.73 Å². The highest BCUT2D eigenvalue weighted by atomic mass is 32.2. The highest BCUT2D eigenvalue weighted by molar-refractivity contribution is 7.99. The van der Waals surface area contributed by atoms with Crippen LogP contribution < -0.4 is 11.1 Å². The van der Waals surface area contributed by atoms with Gasteiger partial charge in [-0.25, -0.2) is 0 Å². The molecule has 1 aliphatic carbocycles. The second kappa shape index (κ2) is 7.04. The first kappa shape index (κ1) is 15.3. The van der Waals surface area contributed by atoms with E-state index in [1.165, 1.54) is 19.3 Å². The monoisotopic (exact) mass is 309 g/mol. The topological polar surface area (TPSA) is 68.0 Å². The van der Waals surface area contributed by atoms with E-state index >= 15 is 0 Å². The van der Waals surface area contributed by atoms with E-state index in [4.69, 9.17) is 18.0 Å². The molecule has 0 saturated heterocycles. The van der Waals surface area contributed by atoms with Crippen LogP contribution in [0.1, 0.15) is 41.7 Å². The summed E-state index contributed by atoms with van der Waals surface area (Å²) in [6, 6.07) is 3.64. The molecule has 0 bridgehead atoms. The molecule has 1 aromatic rings. The van der Waals surface area contributed by atoms with Crippen molar-refractivity contribution in [3.05, 3.63) is 29.6 Å². The minimum atomic E-state index is -0.120. The van der Waals surface area contributed by atoms with Gasteiger partial charge in [-0.15, -0.1) is 0 Å². The van der Waals surface area contributed by atoms with Gasteiger partial charge >= 0.3 is 0 Å². The summed E-state index contributed by atoms with van der Waals surface area (Å²) in [6.45, 7) is 0. The smallest absolute Gasteiger partial charge is 0.270 e. The van der Waals surface area contributed by atoms with Crippen LogP contribution in [0.2, 0.25) is 0 Å². The largest absolute Gasteiger partial charge is 0.389 e. The molecule has 20 heavy (non-hydrogen) atoms. The van der Waals surface area contributed by atoms with Crippen molar-refractivity contribution in [2.75, 3.05) is 6.26 Å². The van der Waals surface area contributed by atoms with Crippen LogP contribution in [0, 0.1) is 0 Å². The first-order valence-electron chi connectivity index (χ1n) is 6.71. The summed E-state index contributed by atoms with van der Waals surface area (Å²) in [5, 5.41) is 3.60. The zero-order valence-corrected chi connectivity index (χ0v) is 13.1. The first-order valence-corrected chi connectivity index (χ1v) is 8.41. The SMILES string of the molecule is CSC1CCCCC1NC(=O)c1ccc(C(N)=S)cn1. The normalized spacial score (nSPS) is 22.2. The molecule has 0 aromatic carbocycles. The molecule has 1 aliphatic rings. The molecule has 1 amide bonds. The maximum absolute atomic E-state index is 12.2. The van der Waals surface area contributed by atoms with Crippen molar-refractivity contribution >= 4 is 34.9 Å². The van der Waals surface area contributed by atoms with Gasteiger partial charge in [0.1, 0.15) is 10.7 Å². The highest BCUT2D eigenvalue weighted by Gasteiger charge is 2.26. The highest BCUT2D eigenvalue weighted by Crippen LogP contribution is 2.27. The summed E-state index contributed by atoms with van der Waals surface area (Å²) < 4.78 is 0. The lowest BCUT2D eigenvalue weighted by molar-refractivity contribution is 0.0924. The van der Waals surface area contributed by atoms with Gasteiger partial charge < -0.3 is 11.1 Å². The van der Waals surface area contributed by atoms with Crippen LogP contribution in [0.3, 0.4) is 0 Å². The average molecular weight is 309 g/mol. The zero-order valence-electron chi connectivity index (χ0n) is 11.5. The minimum absolute atomic E-state index is 0.120. The lowest BCUT2D eigenvalue weighted by Gasteiger charge is -2.30. The number of hydrogen-bond donors (Lipinski definition) is 2. The third-order valence-electron chi connectivity index (χ3n) is 3.60.